The van der Waals surface area contributed by atoms with Gasteiger partial charge in [0.2, 0.25) is 0 Å². The molecule has 0 spiro atoms. The van der Waals surface area contributed by atoms with E-state index in [-0.39, 0.29) is 16.5 Å². The summed E-state index contributed by atoms with van der Waals surface area (Å²) in [5, 5.41) is 0.523. The minimum atomic E-state index is -4.37. The summed E-state index contributed by atoms with van der Waals surface area (Å²) in [7, 11) is 0. The molecule has 0 heterocycles. The molecule has 2 rings (SSSR count). The van der Waals surface area contributed by atoms with Gasteiger partial charge in [-0.25, -0.2) is 0 Å². The molecule has 6 heteroatoms. The highest BCUT2D eigenvalue weighted by Gasteiger charge is 2.30. The van der Waals surface area contributed by atoms with Crippen LogP contribution < -0.4 is 4.74 Å². The molecule has 0 saturated carbocycles. The largest absolute Gasteiger partial charge is 0.456 e. The van der Waals surface area contributed by atoms with Crippen molar-refractivity contribution in [3.05, 3.63) is 58.1 Å². The summed E-state index contributed by atoms with van der Waals surface area (Å²) in [6, 6.07) is 9.12. The van der Waals surface area contributed by atoms with Crippen LogP contribution in [-0.2, 0) is 6.18 Å². The molecule has 0 atom stereocenters. The molecule has 1 nitrogen and oxygen atoms in total. The van der Waals surface area contributed by atoms with Crippen LogP contribution in [0.15, 0.2) is 42.5 Å². The molecule has 0 aliphatic carbocycles. The van der Waals surface area contributed by atoms with E-state index in [1.807, 2.05) is 0 Å². The highest BCUT2D eigenvalue weighted by molar-refractivity contribution is 6.42. The van der Waals surface area contributed by atoms with Crippen LogP contribution in [0.3, 0.4) is 0 Å². The Morgan fingerprint density at radius 3 is 2.11 bits per heavy atom. The highest BCUT2D eigenvalue weighted by Crippen LogP contribution is 2.36. The van der Waals surface area contributed by atoms with Crippen molar-refractivity contribution in [1.29, 1.82) is 0 Å². The van der Waals surface area contributed by atoms with Crippen LogP contribution in [0.25, 0.3) is 0 Å². The van der Waals surface area contributed by atoms with E-state index in [0.29, 0.717) is 5.02 Å². The van der Waals surface area contributed by atoms with Gasteiger partial charge in [-0.3, -0.25) is 0 Å². The first-order chi connectivity index (χ1) is 8.88. The van der Waals surface area contributed by atoms with Crippen molar-refractivity contribution < 1.29 is 17.9 Å². The summed E-state index contributed by atoms with van der Waals surface area (Å²) in [5.74, 6) is 0.533. The van der Waals surface area contributed by atoms with Crippen LogP contribution in [0.2, 0.25) is 10.0 Å². The van der Waals surface area contributed by atoms with Crippen LogP contribution in [0.4, 0.5) is 13.2 Å². The van der Waals surface area contributed by atoms with Gasteiger partial charge in [0.15, 0.2) is 0 Å². The monoisotopic (exact) mass is 306 g/mol. The van der Waals surface area contributed by atoms with Gasteiger partial charge in [0, 0.05) is 0 Å². The Morgan fingerprint density at radius 2 is 1.53 bits per heavy atom. The smallest absolute Gasteiger partial charge is 0.416 e. The molecule has 0 aromatic heterocycles. The molecule has 0 aliphatic rings. The maximum Gasteiger partial charge on any atom is 0.416 e. The maximum absolute atomic E-state index is 12.4. The van der Waals surface area contributed by atoms with Crippen molar-refractivity contribution in [1.82, 2.24) is 0 Å². The predicted molar refractivity (Wildman–Crippen MR) is 68.0 cm³/mol. The lowest BCUT2D eigenvalue weighted by atomic mass is 10.2. The fourth-order valence-corrected chi connectivity index (χ4v) is 1.73. The molecule has 2 aromatic rings. The Bertz CT molecular complexity index is 579. The van der Waals surface area contributed by atoms with Crippen LogP contribution in [0.5, 0.6) is 11.5 Å². The molecule has 0 aliphatic heterocycles. The molecule has 0 radical (unpaired) electrons. The van der Waals surface area contributed by atoms with Crippen molar-refractivity contribution in [2.24, 2.45) is 0 Å². The van der Waals surface area contributed by atoms with E-state index >= 15 is 0 Å². The highest BCUT2D eigenvalue weighted by atomic mass is 35.5. The second-order valence-corrected chi connectivity index (χ2v) is 4.46. The number of benzene rings is 2. The first-order valence-corrected chi connectivity index (χ1v) is 5.92. The van der Waals surface area contributed by atoms with E-state index in [9.17, 15) is 13.2 Å². The SMILES string of the molecule is FC(F)(F)c1ccc(Oc2cccc(Cl)c2Cl)cc1. The van der Waals surface area contributed by atoms with E-state index in [1.54, 1.807) is 18.2 Å². The standard InChI is InChI=1S/C13H7Cl2F3O/c14-10-2-1-3-11(12(10)15)19-9-6-4-8(5-7-9)13(16,17)18/h1-7H. The second-order valence-electron chi connectivity index (χ2n) is 3.68. The Hall–Kier alpha value is -1.39. The van der Waals surface area contributed by atoms with Crippen molar-refractivity contribution in [3.8, 4) is 11.5 Å². The molecular weight excluding hydrogens is 300 g/mol. The Balaban J connectivity index is 2.23. The van der Waals surface area contributed by atoms with Gasteiger partial charge in [-0.05, 0) is 36.4 Å². The van der Waals surface area contributed by atoms with Crippen LogP contribution in [0.1, 0.15) is 5.56 Å². The number of hydrogen-bond acceptors (Lipinski definition) is 1. The lowest BCUT2D eigenvalue weighted by Gasteiger charge is -2.10. The summed E-state index contributed by atoms with van der Waals surface area (Å²) in [6.07, 6.45) is -4.37. The van der Waals surface area contributed by atoms with Gasteiger partial charge in [0.05, 0.1) is 10.6 Å². The van der Waals surface area contributed by atoms with Crippen molar-refractivity contribution in [3.63, 3.8) is 0 Å². The third-order valence-electron chi connectivity index (χ3n) is 2.33. The molecule has 0 N–H and O–H groups in total. The fourth-order valence-electron chi connectivity index (χ4n) is 1.40. The van der Waals surface area contributed by atoms with Gasteiger partial charge >= 0.3 is 6.18 Å². The summed E-state index contributed by atoms with van der Waals surface area (Å²) < 4.78 is 42.5. The van der Waals surface area contributed by atoms with Gasteiger partial charge in [0.25, 0.3) is 0 Å². The molecule has 100 valence electrons. The zero-order valence-corrected chi connectivity index (χ0v) is 10.9. The number of halogens is 5. The Labute approximate surface area is 117 Å². The topological polar surface area (TPSA) is 9.23 Å². The molecular formula is C13H7Cl2F3O. The molecule has 0 unspecified atom stereocenters. The van der Waals surface area contributed by atoms with Crippen LogP contribution in [0, 0.1) is 0 Å². The number of ether oxygens (including phenoxy) is 1. The number of hydrogen-bond donors (Lipinski definition) is 0. The first kappa shape index (κ1) is 14.0. The zero-order chi connectivity index (χ0) is 14.0. The molecule has 19 heavy (non-hydrogen) atoms. The molecule has 0 amide bonds. The fraction of sp³-hybridized carbons (Fsp3) is 0.0769. The van der Waals surface area contributed by atoms with E-state index in [0.717, 1.165) is 12.1 Å². The van der Waals surface area contributed by atoms with E-state index in [1.165, 1.54) is 12.1 Å². The lowest BCUT2D eigenvalue weighted by Crippen LogP contribution is -2.03. The van der Waals surface area contributed by atoms with Crippen LogP contribution in [-0.4, -0.2) is 0 Å². The summed E-state index contributed by atoms with van der Waals surface area (Å²) in [4.78, 5) is 0. The first-order valence-electron chi connectivity index (χ1n) is 5.17. The zero-order valence-electron chi connectivity index (χ0n) is 9.34. The van der Waals surface area contributed by atoms with Gasteiger partial charge < -0.3 is 4.74 Å². The van der Waals surface area contributed by atoms with Crippen molar-refractivity contribution in [2.75, 3.05) is 0 Å². The molecule has 0 fully saturated rings. The van der Waals surface area contributed by atoms with Crippen molar-refractivity contribution in [2.45, 2.75) is 6.18 Å². The Kier molecular flexibility index (Phi) is 3.92. The second kappa shape index (κ2) is 5.31. The molecule has 2 aromatic carbocycles. The third-order valence-corrected chi connectivity index (χ3v) is 3.13. The number of rotatable bonds is 2. The van der Waals surface area contributed by atoms with Gasteiger partial charge in [-0.15, -0.1) is 0 Å². The summed E-state index contributed by atoms with van der Waals surface area (Å²) in [5.41, 5.74) is -0.739. The van der Waals surface area contributed by atoms with Gasteiger partial charge in [0.1, 0.15) is 16.5 Å². The Morgan fingerprint density at radius 1 is 0.895 bits per heavy atom. The van der Waals surface area contributed by atoms with E-state index in [2.05, 4.69) is 0 Å². The van der Waals surface area contributed by atoms with Gasteiger partial charge in [-0.1, -0.05) is 29.3 Å². The quantitative estimate of drug-likeness (QED) is 0.681. The van der Waals surface area contributed by atoms with E-state index in [4.69, 9.17) is 27.9 Å². The maximum atomic E-state index is 12.4. The third kappa shape index (κ3) is 3.33. The van der Waals surface area contributed by atoms with E-state index < -0.39 is 11.7 Å². The van der Waals surface area contributed by atoms with Crippen molar-refractivity contribution >= 4 is 23.2 Å². The normalized spacial score (nSPS) is 11.4. The minimum absolute atomic E-state index is 0.212. The molecule has 0 saturated heterocycles. The lowest BCUT2D eigenvalue weighted by molar-refractivity contribution is -0.137. The van der Waals surface area contributed by atoms with Gasteiger partial charge in [-0.2, -0.15) is 13.2 Å². The minimum Gasteiger partial charge on any atom is -0.456 e. The van der Waals surface area contributed by atoms with Crippen LogP contribution >= 0.6 is 23.2 Å². The summed E-state index contributed by atoms with van der Waals surface area (Å²) >= 11 is 11.7. The average Bonchev–Trinajstić information content (AvgIpc) is 2.35. The summed E-state index contributed by atoms with van der Waals surface area (Å²) in [6.45, 7) is 0. The molecule has 0 bridgehead atoms. The average molecular weight is 307 g/mol. The predicted octanol–water partition coefficient (Wildman–Crippen LogP) is 5.80. The number of alkyl halides is 3.